The second kappa shape index (κ2) is 8.70. The Morgan fingerprint density at radius 2 is 1.84 bits per heavy atom. The summed E-state index contributed by atoms with van der Waals surface area (Å²) in [5.41, 5.74) is -0.0604. The van der Waals surface area contributed by atoms with Gasteiger partial charge in [-0.05, 0) is 39.0 Å². The van der Waals surface area contributed by atoms with Gasteiger partial charge in [0.05, 0.1) is 6.61 Å². The number of halogens is 3. The summed E-state index contributed by atoms with van der Waals surface area (Å²) in [6, 6.07) is 6.07. The van der Waals surface area contributed by atoms with Crippen molar-refractivity contribution in [3.05, 3.63) is 29.8 Å². The van der Waals surface area contributed by atoms with Crippen LogP contribution in [0.25, 0.3) is 0 Å². The molecule has 2 N–H and O–H groups in total. The van der Waals surface area contributed by atoms with Gasteiger partial charge in [0, 0.05) is 17.8 Å². The lowest BCUT2D eigenvalue weighted by atomic mass is 10.2. The molecule has 25 heavy (non-hydrogen) atoms. The van der Waals surface area contributed by atoms with Gasteiger partial charge in [0.15, 0.2) is 0 Å². The summed E-state index contributed by atoms with van der Waals surface area (Å²) in [4.78, 5) is 23.6. The van der Waals surface area contributed by atoms with Crippen LogP contribution in [-0.2, 0) is 9.47 Å². The van der Waals surface area contributed by atoms with Gasteiger partial charge in [0.2, 0.25) is 0 Å². The SMILES string of the molecule is CC(C)(C)OC(=O)Nc1cccc(C(=O)NCCOCC(F)(F)F)c1. The third kappa shape index (κ3) is 9.55. The summed E-state index contributed by atoms with van der Waals surface area (Å²) in [6.45, 7) is 3.46. The molecular weight excluding hydrogens is 341 g/mol. The van der Waals surface area contributed by atoms with Crippen LogP contribution in [-0.4, -0.2) is 43.5 Å². The first kappa shape index (κ1) is 20.8. The minimum absolute atomic E-state index is 0.0708. The molecule has 0 aliphatic rings. The molecule has 0 bridgehead atoms. The summed E-state index contributed by atoms with van der Waals surface area (Å²) >= 11 is 0. The van der Waals surface area contributed by atoms with Crippen molar-refractivity contribution in [3.8, 4) is 0 Å². The van der Waals surface area contributed by atoms with Crippen LogP contribution in [0.4, 0.5) is 23.7 Å². The zero-order valence-electron chi connectivity index (χ0n) is 14.2. The Morgan fingerprint density at radius 3 is 2.44 bits per heavy atom. The normalized spacial score (nSPS) is 11.8. The fraction of sp³-hybridized carbons (Fsp3) is 0.500. The summed E-state index contributed by atoms with van der Waals surface area (Å²) in [5, 5.41) is 4.92. The number of alkyl halides is 3. The average molecular weight is 362 g/mol. The van der Waals surface area contributed by atoms with Gasteiger partial charge in [-0.2, -0.15) is 13.2 Å². The molecular formula is C16H21F3N2O4. The van der Waals surface area contributed by atoms with Crippen molar-refractivity contribution in [2.45, 2.75) is 32.5 Å². The average Bonchev–Trinajstić information content (AvgIpc) is 2.43. The van der Waals surface area contributed by atoms with E-state index in [1.807, 2.05) is 0 Å². The number of carbonyl (C=O) groups excluding carboxylic acids is 2. The summed E-state index contributed by atoms with van der Waals surface area (Å²) in [5.74, 6) is -0.497. The largest absolute Gasteiger partial charge is 0.444 e. The third-order valence-electron chi connectivity index (χ3n) is 2.57. The Kier molecular flexibility index (Phi) is 7.22. The molecule has 1 aromatic carbocycles. The Balaban J connectivity index is 2.48. The van der Waals surface area contributed by atoms with Crippen LogP contribution in [0, 0.1) is 0 Å². The number of carbonyl (C=O) groups is 2. The number of anilines is 1. The maximum absolute atomic E-state index is 11.9. The van der Waals surface area contributed by atoms with Gasteiger partial charge in [-0.1, -0.05) is 6.07 Å². The molecule has 9 heteroatoms. The van der Waals surface area contributed by atoms with Crippen LogP contribution in [0.5, 0.6) is 0 Å². The van der Waals surface area contributed by atoms with Crippen molar-refractivity contribution >= 4 is 17.7 Å². The van der Waals surface area contributed by atoms with E-state index in [1.54, 1.807) is 32.9 Å². The number of ether oxygens (including phenoxy) is 2. The van der Waals surface area contributed by atoms with Gasteiger partial charge < -0.3 is 14.8 Å². The molecule has 0 aliphatic carbocycles. The smallest absolute Gasteiger partial charge is 0.412 e. The molecule has 0 fully saturated rings. The second-order valence-corrected chi connectivity index (χ2v) is 6.13. The van der Waals surface area contributed by atoms with E-state index in [0.29, 0.717) is 5.69 Å². The lowest BCUT2D eigenvalue weighted by Gasteiger charge is -2.19. The van der Waals surface area contributed by atoms with Gasteiger partial charge >= 0.3 is 12.3 Å². The van der Waals surface area contributed by atoms with Crippen LogP contribution >= 0.6 is 0 Å². The van der Waals surface area contributed by atoms with E-state index in [1.165, 1.54) is 12.1 Å². The summed E-state index contributed by atoms with van der Waals surface area (Å²) in [6.07, 6.45) is -5.06. The Bertz CT molecular complexity index is 598. The van der Waals surface area contributed by atoms with Crippen molar-refractivity contribution in [3.63, 3.8) is 0 Å². The van der Waals surface area contributed by atoms with Crippen LogP contribution in [0.15, 0.2) is 24.3 Å². The van der Waals surface area contributed by atoms with E-state index >= 15 is 0 Å². The second-order valence-electron chi connectivity index (χ2n) is 6.13. The number of hydrogen-bond donors (Lipinski definition) is 2. The van der Waals surface area contributed by atoms with Crippen LogP contribution in [0.2, 0.25) is 0 Å². The highest BCUT2D eigenvalue weighted by Crippen LogP contribution is 2.15. The molecule has 0 unspecified atom stereocenters. The molecule has 0 saturated heterocycles. The Hall–Kier alpha value is -2.29. The molecule has 0 saturated carbocycles. The number of amides is 2. The Morgan fingerprint density at radius 1 is 1.16 bits per heavy atom. The molecule has 0 aliphatic heterocycles. The van der Waals surface area contributed by atoms with E-state index in [9.17, 15) is 22.8 Å². The van der Waals surface area contributed by atoms with Crippen molar-refractivity contribution in [2.75, 3.05) is 25.1 Å². The minimum Gasteiger partial charge on any atom is -0.444 e. The lowest BCUT2D eigenvalue weighted by Crippen LogP contribution is -2.29. The molecule has 0 radical (unpaired) electrons. The Labute approximate surface area is 143 Å². The first-order valence-electron chi connectivity index (χ1n) is 7.49. The lowest BCUT2D eigenvalue weighted by molar-refractivity contribution is -0.173. The predicted octanol–water partition coefficient (Wildman–Crippen LogP) is 3.34. The molecule has 0 aromatic heterocycles. The van der Waals surface area contributed by atoms with E-state index in [4.69, 9.17) is 4.74 Å². The maximum atomic E-state index is 11.9. The third-order valence-corrected chi connectivity index (χ3v) is 2.57. The van der Waals surface area contributed by atoms with Gasteiger partial charge in [-0.25, -0.2) is 4.79 Å². The standard InChI is InChI=1S/C16H21F3N2O4/c1-15(2,3)25-14(23)21-12-6-4-5-11(9-12)13(22)20-7-8-24-10-16(17,18)19/h4-6,9H,7-8,10H2,1-3H3,(H,20,22)(H,21,23). The molecule has 6 nitrogen and oxygen atoms in total. The monoisotopic (exact) mass is 362 g/mol. The highest BCUT2D eigenvalue weighted by molar-refractivity contribution is 5.96. The summed E-state index contributed by atoms with van der Waals surface area (Å²) < 4.78 is 45.2. The molecule has 140 valence electrons. The molecule has 0 heterocycles. The number of nitrogens with one attached hydrogen (secondary N) is 2. The van der Waals surface area contributed by atoms with Gasteiger partial charge in [-0.15, -0.1) is 0 Å². The predicted molar refractivity (Wildman–Crippen MR) is 85.5 cm³/mol. The first-order chi connectivity index (χ1) is 11.5. The molecule has 1 rings (SSSR count). The van der Waals surface area contributed by atoms with E-state index in [0.717, 1.165) is 0 Å². The number of hydrogen-bond acceptors (Lipinski definition) is 4. The zero-order chi connectivity index (χ0) is 19.1. The van der Waals surface area contributed by atoms with Crippen LogP contribution in [0.1, 0.15) is 31.1 Å². The molecule has 0 spiro atoms. The molecule has 1 aromatic rings. The zero-order valence-corrected chi connectivity index (χ0v) is 14.2. The first-order valence-corrected chi connectivity index (χ1v) is 7.49. The minimum atomic E-state index is -4.40. The highest BCUT2D eigenvalue weighted by Gasteiger charge is 2.27. The van der Waals surface area contributed by atoms with Crippen molar-refractivity contribution in [1.82, 2.24) is 5.32 Å². The van der Waals surface area contributed by atoms with Crippen molar-refractivity contribution in [1.29, 1.82) is 0 Å². The highest BCUT2D eigenvalue weighted by atomic mass is 19.4. The maximum Gasteiger partial charge on any atom is 0.412 e. The number of benzene rings is 1. The van der Waals surface area contributed by atoms with Crippen LogP contribution < -0.4 is 10.6 Å². The fourth-order valence-corrected chi connectivity index (χ4v) is 1.69. The van der Waals surface area contributed by atoms with E-state index in [-0.39, 0.29) is 18.7 Å². The van der Waals surface area contributed by atoms with E-state index < -0.39 is 30.4 Å². The van der Waals surface area contributed by atoms with Gasteiger partial charge in [0.25, 0.3) is 5.91 Å². The van der Waals surface area contributed by atoms with Crippen LogP contribution in [0.3, 0.4) is 0 Å². The fourth-order valence-electron chi connectivity index (χ4n) is 1.69. The number of rotatable bonds is 6. The van der Waals surface area contributed by atoms with Gasteiger partial charge in [-0.3, -0.25) is 10.1 Å². The van der Waals surface area contributed by atoms with Crippen molar-refractivity contribution < 1.29 is 32.2 Å². The van der Waals surface area contributed by atoms with Gasteiger partial charge in [0.1, 0.15) is 12.2 Å². The van der Waals surface area contributed by atoms with E-state index in [2.05, 4.69) is 15.4 Å². The quantitative estimate of drug-likeness (QED) is 0.761. The summed E-state index contributed by atoms with van der Waals surface area (Å²) in [7, 11) is 0. The molecule has 2 amide bonds. The van der Waals surface area contributed by atoms with Crippen molar-refractivity contribution in [2.24, 2.45) is 0 Å². The molecule has 0 atom stereocenters. The topological polar surface area (TPSA) is 76.7 Å².